The fraction of sp³-hybridized carbons (Fsp3) is 0.857. The molecule has 0 aromatic carbocycles. The molecule has 6 heteroatoms. The van der Waals surface area contributed by atoms with Crippen LogP contribution >= 0.6 is 11.8 Å². The van der Waals surface area contributed by atoms with E-state index >= 15 is 0 Å². The maximum atomic E-state index is 11.7. The van der Waals surface area contributed by atoms with Crippen molar-refractivity contribution in [1.82, 2.24) is 10.2 Å². The number of aliphatic carboxylic acids is 1. The second kappa shape index (κ2) is 9.23. The largest absolute Gasteiger partial charge is 0.480 e. The molecule has 0 aromatic heterocycles. The molecule has 0 unspecified atom stereocenters. The van der Waals surface area contributed by atoms with Crippen molar-refractivity contribution in [3.63, 3.8) is 0 Å². The predicted molar refractivity (Wildman–Crippen MR) is 82.1 cm³/mol. The number of nitrogens with one attached hydrogen (secondary N) is 1. The van der Waals surface area contributed by atoms with Crippen LogP contribution in [0.1, 0.15) is 39.0 Å². The number of thioether (sulfide) groups is 1. The van der Waals surface area contributed by atoms with Gasteiger partial charge in [-0.1, -0.05) is 6.92 Å². The molecule has 1 fully saturated rings. The van der Waals surface area contributed by atoms with Gasteiger partial charge < -0.3 is 10.4 Å². The number of carbonyl (C=O) groups excluding carboxylic acids is 1. The van der Waals surface area contributed by atoms with Crippen LogP contribution in [0.3, 0.4) is 0 Å². The highest BCUT2D eigenvalue weighted by Crippen LogP contribution is 2.25. The highest BCUT2D eigenvalue weighted by Gasteiger charge is 2.34. The maximum absolute atomic E-state index is 11.7. The summed E-state index contributed by atoms with van der Waals surface area (Å²) in [5.41, 5.74) is 0. The summed E-state index contributed by atoms with van der Waals surface area (Å²) in [6.45, 7) is 2.81. The van der Waals surface area contributed by atoms with Crippen LogP contribution in [0.25, 0.3) is 0 Å². The van der Waals surface area contributed by atoms with E-state index in [0.717, 1.165) is 38.0 Å². The molecule has 0 aromatic rings. The molecule has 0 radical (unpaired) electrons. The summed E-state index contributed by atoms with van der Waals surface area (Å²) >= 11 is 1.81. The fourth-order valence-electron chi connectivity index (χ4n) is 2.51. The lowest BCUT2D eigenvalue weighted by molar-refractivity contribution is -0.139. The van der Waals surface area contributed by atoms with Gasteiger partial charge >= 0.3 is 5.97 Å². The molecule has 1 saturated carbocycles. The fourth-order valence-corrected chi connectivity index (χ4v) is 3.00. The Morgan fingerprint density at radius 1 is 1.35 bits per heavy atom. The van der Waals surface area contributed by atoms with Gasteiger partial charge in [0.2, 0.25) is 5.91 Å². The maximum Gasteiger partial charge on any atom is 0.317 e. The zero-order valence-electron chi connectivity index (χ0n) is 12.4. The number of unbranched alkanes of at least 4 members (excludes halogenated alkanes) is 1. The van der Waals surface area contributed by atoms with Gasteiger partial charge in [0.05, 0.1) is 6.54 Å². The number of hydrogen-bond donors (Lipinski definition) is 2. The zero-order valence-corrected chi connectivity index (χ0v) is 13.2. The quantitative estimate of drug-likeness (QED) is 0.600. The Kier molecular flexibility index (Phi) is 7.99. The number of likely N-dealkylation sites (N-methyl/N-ethyl adjacent to an activating group) is 1. The Labute approximate surface area is 125 Å². The average Bonchev–Trinajstić information content (AvgIpc) is 2.36. The van der Waals surface area contributed by atoms with Crippen molar-refractivity contribution in [2.75, 3.05) is 25.1 Å². The van der Waals surface area contributed by atoms with E-state index < -0.39 is 5.97 Å². The molecule has 0 bridgehead atoms. The molecule has 1 aliphatic rings. The molecule has 116 valence electrons. The van der Waals surface area contributed by atoms with E-state index in [1.807, 2.05) is 23.6 Å². The van der Waals surface area contributed by atoms with Crippen LogP contribution in [0.4, 0.5) is 0 Å². The first kappa shape index (κ1) is 17.3. The molecule has 0 aliphatic heterocycles. The summed E-state index contributed by atoms with van der Waals surface area (Å²) in [5.74, 6) is 0.461. The molecule has 0 saturated heterocycles. The highest BCUT2D eigenvalue weighted by molar-refractivity contribution is 7.98. The molecule has 2 N–H and O–H groups in total. The average molecular weight is 302 g/mol. The van der Waals surface area contributed by atoms with Crippen LogP contribution in [0, 0.1) is 0 Å². The molecule has 1 amide bonds. The second-order valence-electron chi connectivity index (χ2n) is 5.30. The summed E-state index contributed by atoms with van der Waals surface area (Å²) in [6, 6.07) is 0.536. The van der Waals surface area contributed by atoms with Crippen LogP contribution in [-0.2, 0) is 9.59 Å². The van der Waals surface area contributed by atoms with Crippen molar-refractivity contribution in [3.8, 4) is 0 Å². The number of carboxylic acid groups (broad SMARTS) is 1. The van der Waals surface area contributed by atoms with Crippen molar-refractivity contribution in [3.05, 3.63) is 0 Å². The predicted octanol–water partition coefficient (Wildman–Crippen LogP) is 1.57. The van der Waals surface area contributed by atoms with E-state index in [9.17, 15) is 9.59 Å². The van der Waals surface area contributed by atoms with Crippen LogP contribution in [0.2, 0.25) is 0 Å². The molecule has 0 heterocycles. The van der Waals surface area contributed by atoms with E-state index in [4.69, 9.17) is 5.11 Å². The lowest BCUT2D eigenvalue weighted by atomic mass is 9.85. The number of nitrogens with zero attached hydrogens (tertiary/aromatic N) is 1. The number of carboxylic acids is 1. The van der Waals surface area contributed by atoms with Crippen molar-refractivity contribution in [2.24, 2.45) is 0 Å². The van der Waals surface area contributed by atoms with Gasteiger partial charge in [0.15, 0.2) is 0 Å². The van der Waals surface area contributed by atoms with Crippen LogP contribution in [0.15, 0.2) is 0 Å². The third-order valence-corrected chi connectivity index (χ3v) is 4.44. The molecule has 0 spiro atoms. The number of carbonyl (C=O) groups is 2. The standard InChI is InChI=1S/C14H26N2O3S/c1-3-16(10-14(18)19)12-8-11(9-12)15-13(17)6-4-5-7-20-2/h11-12H,3-10H2,1-2H3,(H,15,17)(H,18,19). The van der Waals surface area contributed by atoms with E-state index in [-0.39, 0.29) is 18.5 Å². The van der Waals surface area contributed by atoms with Crippen molar-refractivity contribution >= 4 is 23.6 Å². The van der Waals surface area contributed by atoms with E-state index in [1.54, 1.807) is 0 Å². The third kappa shape index (κ3) is 6.13. The van der Waals surface area contributed by atoms with Crippen LogP contribution < -0.4 is 5.32 Å². The normalized spacial score (nSPS) is 21.6. The first-order valence-corrected chi connectivity index (χ1v) is 8.70. The molecule has 1 aliphatic carbocycles. The summed E-state index contributed by atoms with van der Waals surface area (Å²) in [6.07, 6.45) is 6.46. The highest BCUT2D eigenvalue weighted by atomic mass is 32.2. The lowest BCUT2D eigenvalue weighted by Crippen LogP contribution is -2.54. The minimum absolute atomic E-state index is 0.0938. The first-order chi connectivity index (χ1) is 9.56. The number of hydrogen-bond acceptors (Lipinski definition) is 4. The molecule has 5 nitrogen and oxygen atoms in total. The summed E-state index contributed by atoms with van der Waals surface area (Å²) < 4.78 is 0. The Bertz CT molecular complexity index is 320. The molecular formula is C14H26N2O3S. The van der Waals surface area contributed by atoms with Crippen molar-refractivity contribution < 1.29 is 14.7 Å². The van der Waals surface area contributed by atoms with Gasteiger partial charge in [-0.2, -0.15) is 11.8 Å². The SMILES string of the molecule is CCN(CC(=O)O)C1CC(NC(=O)CCCCSC)C1. The first-order valence-electron chi connectivity index (χ1n) is 7.31. The Morgan fingerprint density at radius 3 is 2.60 bits per heavy atom. The van der Waals surface area contributed by atoms with Crippen molar-refractivity contribution in [1.29, 1.82) is 0 Å². The zero-order chi connectivity index (χ0) is 15.0. The molecule has 1 rings (SSSR count). The minimum atomic E-state index is -0.784. The number of rotatable bonds is 10. The van der Waals surface area contributed by atoms with Crippen LogP contribution in [-0.4, -0.2) is 59.1 Å². The second-order valence-corrected chi connectivity index (χ2v) is 6.28. The Hall–Kier alpha value is -0.750. The number of amides is 1. The summed E-state index contributed by atoms with van der Waals surface area (Å²) in [5, 5.41) is 11.9. The van der Waals surface area contributed by atoms with Gasteiger partial charge in [-0.05, 0) is 44.2 Å². The van der Waals surface area contributed by atoms with Gasteiger partial charge in [0.25, 0.3) is 0 Å². The van der Waals surface area contributed by atoms with E-state index in [0.29, 0.717) is 12.5 Å². The molecule has 0 atom stereocenters. The molecular weight excluding hydrogens is 276 g/mol. The monoisotopic (exact) mass is 302 g/mol. The summed E-state index contributed by atoms with van der Waals surface area (Å²) in [4.78, 5) is 24.4. The van der Waals surface area contributed by atoms with E-state index in [1.165, 1.54) is 0 Å². The topological polar surface area (TPSA) is 69.6 Å². The van der Waals surface area contributed by atoms with Gasteiger partial charge in [-0.15, -0.1) is 0 Å². The van der Waals surface area contributed by atoms with Gasteiger partial charge in [-0.3, -0.25) is 14.5 Å². The van der Waals surface area contributed by atoms with Gasteiger partial charge in [0.1, 0.15) is 0 Å². The Balaban J connectivity index is 2.14. The minimum Gasteiger partial charge on any atom is -0.480 e. The third-order valence-electron chi connectivity index (χ3n) is 3.74. The summed E-state index contributed by atoms with van der Waals surface area (Å²) in [7, 11) is 0. The molecule has 20 heavy (non-hydrogen) atoms. The van der Waals surface area contributed by atoms with E-state index in [2.05, 4.69) is 11.6 Å². The van der Waals surface area contributed by atoms with Gasteiger partial charge in [0, 0.05) is 18.5 Å². The smallest absolute Gasteiger partial charge is 0.317 e. The van der Waals surface area contributed by atoms with Gasteiger partial charge in [-0.25, -0.2) is 0 Å². The lowest BCUT2D eigenvalue weighted by Gasteiger charge is -2.42. The van der Waals surface area contributed by atoms with Crippen molar-refractivity contribution in [2.45, 2.75) is 51.1 Å². The van der Waals surface area contributed by atoms with Crippen LogP contribution in [0.5, 0.6) is 0 Å². The Morgan fingerprint density at radius 2 is 2.05 bits per heavy atom.